The van der Waals surface area contributed by atoms with Crippen molar-refractivity contribution in [1.82, 2.24) is 5.32 Å². The molecule has 0 radical (unpaired) electrons. The van der Waals surface area contributed by atoms with E-state index >= 15 is 0 Å². The minimum absolute atomic E-state index is 0.0925. The van der Waals surface area contributed by atoms with Crippen LogP contribution in [0.4, 0.5) is 0 Å². The van der Waals surface area contributed by atoms with Crippen LogP contribution >= 0.6 is 0 Å². The van der Waals surface area contributed by atoms with Crippen LogP contribution < -0.4 is 14.8 Å². The summed E-state index contributed by atoms with van der Waals surface area (Å²) in [7, 11) is 0. The van der Waals surface area contributed by atoms with Crippen molar-refractivity contribution in [2.45, 2.75) is 44.8 Å². The van der Waals surface area contributed by atoms with Gasteiger partial charge in [-0.3, -0.25) is 0 Å². The fourth-order valence-electron chi connectivity index (χ4n) is 3.14. The Hall–Kier alpha value is -1.26. The van der Waals surface area contributed by atoms with Gasteiger partial charge in [-0.1, -0.05) is 6.07 Å². The van der Waals surface area contributed by atoms with E-state index in [4.69, 9.17) is 9.47 Å². The van der Waals surface area contributed by atoms with Gasteiger partial charge in [-0.05, 0) is 56.3 Å². The van der Waals surface area contributed by atoms with Gasteiger partial charge in [-0.15, -0.1) is 0 Å². The first kappa shape index (κ1) is 14.7. The number of aliphatic hydroxyl groups excluding tert-OH is 1. The Labute approximate surface area is 126 Å². The van der Waals surface area contributed by atoms with E-state index in [1.165, 1.54) is 5.56 Å². The van der Waals surface area contributed by atoms with Crippen LogP contribution in [0.5, 0.6) is 11.5 Å². The van der Waals surface area contributed by atoms with Crippen LogP contribution in [0, 0.1) is 5.92 Å². The Morgan fingerprint density at radius 3 is 2.81 bits per heavy atom. The first-order valence-corrected chi connectivity index (χ1v) is 8.03. The van der Waals surface area contributed by atoms with E-state index in [1.807, 2.05) is 6.07 Å². The molecule has 3 atom stereocenters. The molecule has 0 amide bonds. The maximum Gasteiger partial charge on any atom is 0.161 e. The van der Waals surface area contributed by atoms with Crippen molar-refractivity contribution >= 4 is 0 Å². The molecule has 1 aliphatic carbocycles. The Morgan fingerprint density at radius 1 is 1.24 bits per heavy atom. The van der Waals surface area contributed by atoms with Gasteiger partial charge in [-0.25, -0.2) is 0 Å². The van der Waals surface area contributed by atoms with Crippen LogP contribution in [0.2, 0.25) is 0 Å². The molecule has 1 heterocycles. The summed E-state index contributed by atoms with van der Waals surface area (Å²) in [6.07, 6.45) is 3.85. The first-order chi connectivity index (χ1) is 10.2. The van der Waals surface area contributed by atoms with Crippen molar-refractivity contribution < 1.29 is 14.6 Å². The lowest BCUT2D eigenvalue weighted by molar-refractivity contribution is 0.177. The van der Waals surface area contributed by atoms with Crippen molar-refractivity contribution in [2.75, 3.05) is 19.8 Å². The summed E-state index contributed by atoms with van der Waals surface area (Å²) in [5.41, 5.74) is 1.22. The second-order valence-corrected chi connectivity index (χ2v) is 6.22. The summed E-state index contributed by atoms with van der Waals surface area (Å²) >= 11 is 0. The van der Waals surface area contributed by atoms with E-state index in [1.54, 1.807) is 0 Å². The molecule has 1 aromatic rings. The third kappa shape index (κ3) is 3.69. The Morgan fingerprint density at radius 2 is 2.05 bits per heavy atom. The van der Waals surface area contributed by atoms with Crippen molar-refractivity contribution in [3.8, 4) is 11.5 Å². The highest BCUT2D eigenvalue weighted by Gasteiger charge is 2.23. The Bertz CT molecular complexity index is 477. The molecule has 4 nitrogen and oxygen atoms in total. The Balaban J connectivity index is 1.59. The number of hydrogen-bond acceptors (Lipinski definition) is 4. The topological polar surface area (TPSA) is 50.7 Å². The van der Waals surface area contributed by atoms with Gasteiger partial charge in [0.25, 0.3) is 0 Å². The fourth-order valence-corrected chi connectivity index (χ4v) is 3.14. The van der Waals surface area contributed by atoms with Crippen LogP contribution in [0.3, 0.4) is 0 Å². The molecule has 21 heavy (non-hydrogen) atoms. The minimum Gasteiger partial charge on any atom is -0.490 e. The number of rotatable bonds is 4. The van der Waals surface area contributed by atoms with Crippen molar-refractivity contribution in [1.29, 1.82) is 0 Å². The van der Waals surface area contributed by atoms with Crippen LogP contribution in [0.25, 0.3) is 0 Å². The predicted molar refractivity (Wildman–Crippen MR) is 81.8 cm³/mol. The number of aliphatic hydroxyl groups is 1. The SMILES string of the molecule is CC(NCC1CCC(O)C1)c1ccc2c(c1)OCCCO2. The quantitative estimate of drug-likeness (QED) is 0.895. The van der Waals surface area contributed by atoms with E-state index in [9.17, 15) is 5.11 Å². The summed E-state index contributed by atoms with van der Waals surface area (Å²) in [5.74, 6) is 2.31. The smallest absolute Gasteiger partial charge is 0.161 e. The van der Waals surface area contributed by atoms with Gasteiger partial charge in [0.05, 0.1) is 19.3 Å². The zero-order valence-corrected chi connectivity index (χ0v) is 12.7. The van der Waals surface area contributed by atoms with E-state index in [0.29, 0.717) is 5.92 Å². The molecule has 1 aromatic carbocycles. The molecule has 0 bridgehead atoms. The van der Waals surface area contributed by atoms with Crippen molar-refractivity contribution in [3.05, 3.63) is 23.8 Å². The molecule has 2 N–H and O–H groups in total. The number of nitrogens with one attached hydrogen (secondary N) is 1. The molecule has 0 saturated heterocycles. The summed E-state index contributed by atoms with van der Waals surface area (Å²) < 4.78 is 11.4. The predicted octanol–water partition coefficient (Wildman–Crippen LogP) is 2.66. The highest BCUT2D eigenvalue weighted by molar-refractivity contribution is 5.44. The zero-order chi connectivity index (χ0) is 14.7. The summed E-state index contributed by atoms with van der Waals surface area (Å²) in [6, 6.07) is 6.48. The molecule has 0 spiro atoms. The second kappa shape index (κ2) is 6.67. The first-order valence-electron chi connectivity index (χ1n) is 8.03. The molecular formula is C17H25NO3. The van der Waals surface area contributed by atoms with Gasteiger partial charge >= 0.3 is 0 Å². The van der Waals surface area contributed by atoms with E-state index < -0.39 is 0 Å². The van der Waals surface area contributed by atoms with E-state index in [0.717, 1.165) is 56.9 Å². The van der Waals surface area contributed by atoms with Gasteiger partial charge in [0.15, 0.2) is 11.5 Å². The summed E-state index contributed by atoms with van der Waals surface area (Å²) in [6.45, 7) is 4.58. The summed E-state index contributed by atoms with van der Waals surface area (Å²) in [5, 5.41) is 13.2. The highest BCUT2D eigenvalue weighted by atomic mass is 16.5. The largest absolute Gasteiger partial charge is 0.490 e. The molecule has 4 heteroatoms. The lowest BCUT2D eigenvalue weighted by atomic mass is 10.0. The van der Waals surface area contributed by atoms with Crippen LogP contribution in [-0.2, 0) is 0 Å². The number of ether oxygens (including phenoxy) is 2. The van der Waals surface area contributed by atoms with Crippen LogP contribution in [0.1, 0.15) is 44.2 Å². The van der Waals surface area contributed by atoms with Crippen molar-refractivity contribution in [3.63, 3.8) is 0 Å². The van der Waals surface area contributed by atoms with Gasteiger partial charge < -0.3 is 19.9 Å². The molecule has 2 aliphatic rings. The third-order valence-electron chi connectivity index (χ3n) is 4.50. The number of benzene rings is 1. The van der Waals surface area contributed by atoms with Crippen LogP contribution in [-0.4, -0.2) is 31.0 Å². The van der Waals surface area contributed by atoms with Crippen molar-refractivity contribution in [2.24, 2.45) is 5.92 Å². The molecule has 3 unspecified atom stereocenters. The monoisotopic (exact) mass is 291 g/mol. The molecule has 1 aliphatic heterocycles. The molecule has 1 fully saturated rings. The molecular weight excluding hydrogens is 266 g/mol. The molecule has 116 valence electrons. The maximum absolute atomic E-state index is 9.58. The molecule has 1 saturated carbocycles. The number of hydrogen-bond donors (Lipinski definition) is 2. The minimum atomic E-state index is -0.0925. The fraction of sp³-hybridized carbons (Fsp3) is 0.647. The lowest BCUT2D eigenvalue weighted by Gasteiger charge is -2.19. The standard InChI is InChI=1S/C17H25NO3/c1-12(18-11-13-3-5-15(19)9-13)14-4-6-16-17(10-14)21-8-2-7-20-16/h4,6,10,12-13,15,18-19H,2-3,5,7-9,11H2,1H3. The van der Waals surface area contributed by atoms with Gasteiger partial charge in [-0.2, -0.15) is 0 Å². The van der Waals surface area contributed by atoms with Gasteiger partial charge in [0, 0.05) is 12.5 Å². The second-order valence-electron chi connectivity index (χ2n) is 6.22. The van der Waals surface area contributed by atoms with Gasteiger partial charge in [0.1, 0.15) is 0 Å². The van der Waals surface area contributed by atoms with Crippen LogP contribution in [0.15, 0.2) is 18.2 Å². The lowest BCUT2D eigenvalue weighted by Crippen LogP contribution is -2.25. The van der Waals surface area contributed by atoms with Gasteiger partial charge in [0.2, 0.25) is 0 Å². The molecule has 0 aromatic heterocycles. The summed E-state index contributed by atoms with van der Waals surface area (Å²) in [4.78, 5) is 0. The number of fused-ring (bicyclic) bond motifs is 1. The van der Waals surface area contributed by atoms with E-state index in [-0.39, 0.29) is 12.1 Å². The Kier molecular flexibility index (Phi) is 4.66. The zero-order valence-electron chi connectivity index (χ0n) is 12.7. The highest BCUT2D eigenvalue weighted by Crippen LogP contribution is 2.32. The molecule has 3 rings (SSSR count). The normalized spacial score (nSPS) is 26.4. The third-order valence-corrected chi connectivity index (χ3v) is 4.50. The maximum atomic E-state index is 9.58. The van der Waals surface area contributed by atoms with E-state index in [2.05, 4.69) is 24.4 Å². The average Bonchev–Trinajstić information content (AvgIpc) is 2.77. The average molecular weight is 291 g/mol.